The van der Waals surface area contributed by atoms with Crippen molar-refractivity contribution in [2.75, 3.05) is 11.5 Å². The molecule has 1 aliphatic carbocycles. The first-order valence-electron chi connectivity index (χ1n) is 6.87. The first-order chi connectivity index (χ1) is 9.59. The molecule has 3 rings (SSSR count). The lowest BCUT2D eigenvalue weighted by atomic mass is 9.82. The van der Waals surface area contributed by atoms with Gasteiger partial charge in [0.15, 0.2) is 0 Å². The number of carbonyl (C=O) groups is 2. The fourth-order valence-electron chi connectivity index (χ4n) is 3.28. The second-order valence-electron chi connectivity index (χ2n) is 5.48. The number of amides is 1. The lowest BCUT2D eigenvalue weighted by Gasteiger charge is -2.36. The van der Waals surface area contributed by atoms with Crippen LogP contribution in [-0.4, -0.2) is 45.5 Å². The molecule has 1 fully saturated rings. The Morgan fingerprint density at radius 2 is 2.30 bits per heavy atom. The van der Waals surface area contributed by atoms with Crippen molar-refractivity contribution in [2.24, 2.45) is 11.7 Å². The van der Waals surface area contributed by atoms with Crippen LogP contribution in [0.1, 0.15) is 19.3 Å². The maximum atomic E-state index is 12.4. The molecule has 108 valence electrons. The number of hydrogen-bond acceptors (Lipinski definition) is 4. The van der Waals surface area contributed by atoms with E-state index in [2.05, 4.69) is 0 Å². The molecule has 0 radical (unpaired) electrons. The maximum absolute atomic E-state index is 12.4. The molecule has 1 saturated heterocycles. The van der Waals surface area contributed by atoms with Gasteiger partial charge in [0.25, 0.3) is 0 Å². The van der Waals surface area contributed by atoms with E-state index in [-0.39, 0.29) is 17.9 Å². The predicted octanol–water partition coefficient (Wildman–Crippen LogP) is 0.966. The van der Waals surface area contributed by atoms with Gasteiger partial charge in [0.2, 0.25) is 5.91 Å². The van der Waals surface area contributed by atoms with Gasteiger partial charge in [0.1, 0.15) is 6.04 Å². The van der Waals surface area contributed by atoms with Crippen LogP contribution in [-0.2, 0) is 9.59 Å². The van der Waals surface area contributed by atoms with Crippen molar-refractivity contribution in [3.63, 3.8) is 0 Å². The monoisotopic (exact) mass is 294 g/mol. The smallest absolute Gasteiger partial charge is 0.327 e. The molecule has 2 aliphatic heterocycles. The number of allylic oxidation sites excluding steroid dienone is 1. The summed E-state index contributed by atoms with van der Waals surface area (Å²) in [6.45, 7) is 0. The lowest BCUT2D eigenvalue weighted by Crippen LogP contribution is -2.49. The third kappa shape index (κ3) is 2.16. The lowest BCUT2D eigenvalue weighted by molar-refractivity contribution is -0.147. The summed E-state index contributed by atoms with van der Waals surface area (Å²) in [6, 6.07) is -0.709. The first kappa shape index (κ1) is 13.7. The van der Waals surface area contributed by atoms with E-state index in [1.54, 1.807) is 11.8 Å². The van der Waals surface area contributed by atoms with Gasteiger partial charge in [-0.3, -0.25) is 9.69 Å². The minimum absolute atomic E-state index is 0.0328. The SMILES string of the molecule is NC1CC=CC2=C3CSCC(C(=O)O)N3C(=O)CCC21. The van der Waals surface area contributed by atoms with Crippen molar-refractivity contribution in [3.8, 4) is 0 Å². The molecule has 3 unspecified atom stereocenters. The van der Waals surface area contributed by atoms with Gasteiger partial charge in [-0.2, -0.15) is 11.8 Å². The Balaban J connectivity index is 2.08. The Bertz CT molecular complexity index is 515. The largest absolute Gasteiger partial charge is 0.480 e. The molecule has 0 bridgehead atoms. The van der Waals surface area contributed by atoms with Crippen LogP contribution in [0.2, 0.25) is 0 Å². The summed E-state index contributed by atoms with van der Waals surface area (Å²) in [6.07, 6.45) is 6.00. The summed E-state index contributed by atoms with van der Waals surface area (Å²) >= 11 is 1.58. The number of rotatable bonds is 1. The highest BCUT2D eigenvalue weighted by Gasteiger charge is 2.41. The van der Waals surface area contributed by atoms with Crippen molar-refractivity contribution in [1.82, 2.24) is 4.90 Å². The summed E-state index contributed by atoms with van der Waals surface area (Å²) in [5.41, 5.74) is 8.13. The number of aliphatic carboxylic acids is 1. The zero-order valence-corrected chi connectivity index (χ0v) is 11.9. The number of nitrogens with two attached hydrogens (primary N) is 1. The minimum Gasteiger partial charge on any atom is -0.480 e. The van der Waals surface area contributed by atoms with Gasteiger partial charge in [-0.05, 0) is 18.4 Å². The summed E-state index contributed by atoms with van der Waals surface area (Å²) in [5, 5.41) is 9.36. The number of carboxylic acids is 1. The Labute approximate surface area is 121 Å². The standard InChI is InChI=1S/C14H18N2O3S/c15-10-3-1-2-9-8(10)4-5-13(17)16-11(9)6-20-7-12(16)14(18)19/h1-2,8,10,12H,3-7,15H2,(H,18,19). The number of thioether (sulfide) groups is 1. The molecule has 3 N–H and O–H groups in total. The van der Waals surface area contributed by atoms with E-state index < -0.39 is 12.0 Å². The van der Waals surface area contributed by atoms with Gasteiger partial charge in [-0.1, -0.05) is 12.2 Å². The number of carbonyl (C=O) groups excluding carboxylic acids is 1. The van der Waals surface area contributed by atoms with E-state index >= 15 is 0 Å². The Morgan fingerprint density at radius 1 is 1.50 bits per heavy atom. The number of carboxylic acid groups (broad SMARTS) is 1. The van der Waals surface area contributed by atoms with Gasteiger partial charge in [-0.25, -0.2) is 4.79 Å². The molecule has 0 aromatic carbocycles. The van der Waals surface area contributed by atoms with Gasteiger partial charge >= 0.3 is 5.97 Å². The van der Waals surface area contributed by atoms with Crippen molar-refractivity contribution >= 4 is 23.6 Å². The molecule has 0 spiro atoms. The third-order valence-electron chi connectivity index (χ3n) is 4.30. The third-order valence-corrected chi connectivity index (χ3v) is 5.32. The number of nitrogens with zero attached hydrogens (tertiary/aromatic N) is 1. The van der Waals surface area contributed by atoms with Crippen LogP contribution in [0.4, 0.5) is 0 Å². The van der Waals surface area contributed by atoms with E-state index in [4.69, 9.17) is 5.73 Å². The molecule has 3 atom stereocenters. The normalized spacial score (nSPS) is 33.5. The van der Waals surface area contributed by atoms with Crippen molar-refractivity contribution < 1.29 is 14.7 Å². The summed E-state index contributed by atoms with van der Waals surface area (Å²) < 4.78 is 0. The first-order valence-corrected chi connectivity index (χ1v) is 8.03. The van der Waals surface area contributed by atoms with Gasteiger partial charge in [0, 0.05) is 35.6 Å². The number of fused-ring (bicyclic) bond motifs is 2. The molecular formula is C14H18N2O3S. The molecule has 0 aromatic heterocycles. The Hall–Kier alpha value is -1.27. The van der Waals surface area contributed by atoms with Crippen LogP contribution in [0.15, 0.2) is 23.4 Å². The Morgan fingerprint density at radius 3 is 3.05 bits per heavy atom. The Kier molecular flexibility index (Phi) is 3.60. The topological polar surface area (TPSA) is 83.6 Å². The molecule has 0 saturated carbocycles. The highest BCUT2D eigenvalue weighted by Crippen LogP contribution is 2.38. The highest BCUT2D eigenvalue weighted by molar-refractivity contribution is 7.99. The second-order valence-corrected chi connectivity index (χ2v) is 6.51. The maximum Gasteiger partial charge on any atom is 0.327 e. The molecule has 3 aliphatic rings. The van der Waals surface area contributed by atoms with Crippen LogP contribution >= 0.6 is 11.8 Å². The van der Waals surface area contributed by atoms with Crippen molar-refractivity contribution in [3.05, 3.63) is 23.4 Å². The molecule has 1 amide bonds. The molecular weight excluding hydrogens is 276 g/mol. The predicted molar refractivity (Wildman–Crippen MR) is 77.1 cm³/mol. The average molecular weight is 294 g/mol. The molecule has 5 nitrogen and oxygen atoms in total. The van der Waals surface area contributed by atoms with Crippen LogP contribution in [0.5, 0.6) is 0 Å². The van der Waals surface area contributed by atoms with E-state index in [0.29, 0.717) is 17.9 Å². The molecule has 20 heavy (non-hydrogen) atoms. The van der Waals surface area contributed by atoms with Gasteiger partial charge in [0.05, 0.1) is 0 Å². The summed E-state index contributed by atoms with van der Waals surface area (Å²) in [7, 11) is 0. The zero-order valence-electron chi connectivity index (χ0n) is 11.1. The fraction of sp³-hybridized carbons (Fsp3) is 0.571. The quantitative estimate of drug-likeness (QED) is 0.753. The molecule has 0 aromatic rings. The van der Waals surface area contributed by atoms with Crippen LogP contribution in [0.25, 0.3) is 0 Å². The van der Waals surface area contributed by atoms with Gasteiger partial charge in [-0.15, -0.1) is 0 Å². The number of hydrogen-bond donors (Lipinski definition) is 2. The minimum atomic E-state index is -0.925. The van der Waals surface area contributed by atoms with Crippen LogP contribution in [0.3, 0.4) is 0 Å². The van der Waals surface area contributed by atoms with E-state index in [0.717, 1.165) is 24.1 Å². The molecule has 2 heterocycles. The fourth-order valence-corrected chi connectivity index (χ4v) is 4.41. The highest BCUT2D eigenvalue weighted by atomic mass is 32.2. The van der Waals surface area contributed by atoms with E-state index in [9.17, 15) is 14.7 Å². The van der Waals surface area contributed by atoms with Crippen LogP contribution < -0.4 is 5.73 Å². The van der Waals surface area contributed by atoms with E-state index in [1.165, 1.54) is 4.90 Å². The van der Waals surface area contributed by atoms with Gasteiger partial charge < -0.3 is 10.8 Å². The van der Waals surface area contributed by atoms with Crippen molar-refractivity contribution in [1.29, 1.82) is 0 Å². The zero-order chi connectivity index (χ0) is 14.3. The summed E-state index contributed by atoms with van der Waals surface area (Å²) in [4.78, 5) is 25.3. The second kappa shape index (κ2) is 5.26. The van der Waals surface area contributed by atoms with Crippen LogP contribution in [0, 0.1) is 5.92 Å². The molecule has 6 heteroatoms. The van der Waals surface area contributed by atoms with E-state index in [1.807, 2.05) is 12.2 Å². The summed E-state index contributed by atoms with van der Waals surface area (Å²) in [5.74, 6) is 0.329. The van der Waals surface area contributed by atoms with Crippen molar-refractivity contribution in [2.45, 2.75) is 31.3 Å². The average Bonchev–Trinajstić information content (AvgIpc) is 2.58.